The van der Waals surface area contributed by atoms with Crippen molar-refractivity contribution >= 4 is 27.7 Å². The Morgan fingerprint density at radius 2 is 1.63 bits per heavy atom. The number of aryl methyl sites for hydroxylation is 1. The van der Waals surface area contributed by atoms with E-state index in [4.69, 9.17) is 9.47 Å². The second-order valence-corrected chi connectivity index (χ2v) is 10.2. The van der Waals surface area contributed by atoms with Gasteiger partial charge >= 0.3 is 0 Å². The van der Waals surface area contributed by atoms with Crippen LogP contribution in [-0.4, -0.2) is 68.7 Å². The zero-order chi connectivity index (χ0) is 21.1. The fourth-order valence-electron chi connectivity index (χ4n) is 3.38. The summed E-state index contributed by atoms with van der Waals surface area (Å²) < 4.78 is 38.4. The Labute approximate surface area is 181 Å². The molecule has 0 unspecified atom stereocenters. The van der Waals surface area contributed by atoms with Gasteiger partial charge in [0.2, 0.25) is 15.9 Å². The van der Waals surface area contributed by atoms with Gasteiger partial charge in [0.15, 0.2) is 11.5 Å². The van der Waals surface area contributed by atoms with Crippen LogP contribution < -0.4 is 9.47 Å². The molecule has 0 spiro atoms. The quantitative estimate of drug-likeness (QED) is 0.654. The van der Waals surface area contributed by atoms with Crippen molar-refractivity contribution in [2.24, 2.45) is 0 Å². The van der Waals surface area contributed by atoms with Gasteiger partial charge in [0.05, 0.1) is 10.6 Å². The van der Waals surface area contributed by atoms with Crippen LogP contribution in [0.2, 0.25) is 0 Å². The summed E-state index contributed by atoms with van der Waals surface area (Å²) in [7, 11) is -3.65. The Balaban J connectivity index is 1.34. The van der Waals surface area contributed by atoms with E-state index in [2.05, 4.69) is 0 Å². The molecular weight excluding hydrogens is 424 g/mol. The lowest BCUT2D eigenvalue weighted by molar-refractivity contribution is -0.129. The van der Waals surface area contributed by atoms with Crippen LogP contribution in [0.4, 0.5) is 0 Å². The number of rotatable bonds is 5. The number of hydrogen-bond acceptors (Lipinski definition) is 6. The Morgan fingerprint density at radius 1 is 0.967 bits per heavy atom. The van der Waals surface area contributed by atoms with E-state index in [1.54, 1.807) is 17.0 Å². The van der Waals surface area contributed by atoms with Gasteiger partial charge in [-0.15, -0.1) is 11.8 Å². The topological polar surface area (TPSA) is 76.2 Å². The fourth-order valence-corrected chi connectivity index (χ4v) is 5.62. The van der Waals surface area contributed by atoms with E-state index in [-0.39, 0.29) is 23.9 Å². The van der Waals surface area contributed by atoms with Crippen LogP contribution in [0.3, 0.4) is 0 Å². The van der Waals surface area contributed by atoms with Crippen molar-refractivity contribution in [3.05, 3.63) is 48.0 Å². The molecule has 1 fully saturated rings. The van der Waals surface area contributed by atoms with Gasteiger partial charge < -0.3 is 14.4 Å². The van der Waals surface area contributed by atoms with Gasteiger partial charge in [0.1, 0.15) is 13.2 Å². The molecule has 0 atom stereocenters. The van der Waals surface area contributed by atoms with E-state index in [0.29, 0.717) is 43.6 Å². The summed E-state index contributed by atoms with van der Waals surface area (Å²) in [6, 6.07) is 12.7. The normalized spacial score (nSPS) is 17.0. The number of nitrogens with zero attached hydrogens (tertiary/aromatic N) is 2. The smallest absolute Gasteiger partial charge is 0.243 e. The van der Waals surface area contributed by atoms with Crippen molar-refractivity contribution < 1.29 is 22.7 Å². The van der Waals surface area contributed by atoms with Crippen molar-refractivity contribution in [2.45, 2.75) is 16.7 Å². The molecule has 0 saturated carbocycles. The van der Waals surface area contributed by atoms with Gasteiger partial charge in [-0.2, -0.15) is 4.31 Å². The highest BCUT2D eigenvalue weighted by molar-refractivity contribution is 8.00. The van der Waals surface area contributed by atoms with E-state index >= 15 is 0 Å². The summed E-state index contributed by atoms with van der Waals surface area (Å²) in [6.45, 7) is 4.21. The molecule has 0 radical (unpaired) electrons. The number of hydrogen-bond donors (Lipinski definition) is 0. The third-order valence-corrected chi connectivity index (χ3v) is 8.02. The summed E-state index contributed by atoms with van der Waals surface area (Å²) in [5, 5.41) is 0. The molecule has 1 amide bonds. The first-order chi connectivity index (χ1) is 14.4. The monoisotopic (exact) mass is 448 g/mol. The lowest BCUT2D eigenvalue weighted by Gasteiger charge is -2.34. The van der Waals surface area contributed by atoms with Gasteiger partial charge in [0.25, 0.3) is 0 Å². The van der Waals surface area contributed by atoms with E-state index < -0.39 is 10.0 Å². The zero-order valence-corrected chi connectivity index (χ0v) is 18.4. The standard InChI is InChI=1S/C21H24N2O5S2/c1-16-2-4-17(5-3-16)29-15-21(24)22-8-10-23(11-9-22)30(25,26)18-6-7-19-20(14-18)28-13-12-27-19/h2-7,14H,8-13,15H2,1H3. The van der Waals surface area contributed by atoms with Gasteiger partial charge in [-0.1, -0.05) is 17.7 Å². The van der Waals surface area contributed by atoms with Crippen LogP contribution in [0.1, 0.15) is 5.56 Å². The first kappa shape index (κ1) is 21.0. The molecule has 0 aromatic heterocycles. The van der Waals surface area contributed by atoms with Crippen molar-refractivity contribution in [3.8, 4) is 11.5 Å². The SMILES string of the molecule is Cc1ccc(SCC(=O)N2CCN(S(=O)(=O)c3ccc4c(c3)OCCO4)CC2)cc1. The lowest BCUT2D eigenvalue weighted by atomic mass is 10.2. The molecule has 2 aromatic carbocycles. The molecule has 7 nitrogen and oxygen atoms in total. The average molecular weight is 449 g/mol. The molecule has 2 aliphatic rings. The summed E-state index contributed by atoms with van der Waals surface area (Å²) >= 11 is 1.50. The molecule has 4 rings (SSSR count). The molecule has 2 aliphatic heterocycles. The van der Waals surface area contributed by atoms with Crippen molar-refractivity contribution in [3.63, 3.8) is 0 Å². The second kappa shape index (κ2) is 8.87. The van der Waals surface area contributed by atoms with Gasteiger partial charge in [-0.05, 0) is 31.2 Å². The second-order valence-electron chi connectivity index (χ2n) is 7.19. The number of fused-ring (bicyclic) bond motifs is 1. The van der Waals surface area contributed by atoms with Crippen LogP contribution in [0, 0.1) is 6.92 Å². The number of thioether (sulfide) groups is 1. The van der Waals surface area contributed by atoms with Crippen LogP contribution in [0.5, 0.6) is 11.5 Å². The first-order valence-electron chi connectivity index (χ1n) is 9.80. The maximum Gasteiger partial charge on any atom is 0.243 e. The molecule has 160 valence electrons. The average Bonchev–Trinajstić information content (AvgIpc) is 2.78. The van der Waals surface area contributed by atoms with Crippen LogP contribution in [0.25, 0.3) is 0 Å². The highest BCUT2D eigenvalue weighted by atomic mass is 32.2. The number of carbonyl (C=O) groups is 1. The number of amides is 1. The predicted molar refractivity (Wildman–Crippen MR) is 115 cm³/mol. The van der Waals surface area contributed by atoms with E-state index in [0.717, 1.165) is 4.90 Å². The summed E-state index contributed by atoms with van der Waals surface area (Å²) in [4.78, 5) is 15.5. The Morgan fingerprint density at radius 3 is 2.33 bits per heavy atom. The molecule has 2 aromatic rings. The minimum atomic E-state index is -3.65. The molecule has 2 heterocycles. The van der Waals surface area contributed by atoms with Crippen molar-refractivity contribution in [1.29, 1.82) is 0 Å². The maximum atomic E-state index is 13.0. The summed E-state index contributed by atoms with van der Waals surface area (Å²) in [5.41, 5.74) is 1.18. The molecule has 9 heteroatoms. The molecule has 0 aliphatic carbocycles. The molecule has 30 heavy (non-hydrogen) atoms. The predicted octanol–water partition coefficient (Wildman–Crippen LogP) is 2.39. The minimum Gasteiger partial charge on any atom is -0.486 e. The number of carbonyl (C=O) groups excluding carboxylic acids is 1. The summed E-state index contributed by atoms with van der Waals surface area (Å²) in [6.07, 6.45) is 0. The third-order valence-electron chi connectivity index (χ3n) is 5.13. The number of benzene rings is 2. The Hall–Kier alpha value is -2.23. The highest BCUT2D eigenvalue weighted by Gasteiger charge is 2.31. The van der Waals surface area contributed by atoms with Gasteiger partial charge in [-0.3, -0.25) is 4.79 Å². The van der Waals surface area contributed by atoms with E-state index in [9.17, 15) is 13.2 Å². The van der Waals surface area contributed by atoms with Crippen molar-refractivity contribution in [2.75, 3.05) is 45.1 Å². The van der Waals surface area contributed by atoms with Crippen LogP contribution in [-0.2, 0) is 14.8 Å². The minimum absolute atomic E-state index is 0.0250. The number of ether oxygens (including phenoxy) is 2. The Bertz CT molecular complexity index is 1020. The molecule has 0 N–H and O–H groups in total. The van der Waals surface area contributed by atoms with Gasteiger partial charge in [-0.25, -0.2) is 8.42 Å². The molecule has 1 saturated heterocycles. The molecular formula is C21H24N2O5S2. The van der Waals surface area contributed by atoms with E-state index in [1.807, 2.05) is 31.2 Å². The fraction of sp³-hybridized carbons (Fsp3) is 0.381. The van der Waals surface area contributed by atoms with Crippen LogP contribution >= 0.6 is 11.8 Å². The van der Waals surface area contributed by atoms with Gasteiger partial charge in [0, 0.05) is 37.1 Å². The number of piperazine rings is 1. The third kappa shape index (κ3) is 4.58. The zero-order valence-electron chi connectivity index (χ0n) is 16.7. The van der Waals surface area contributed by atoms with E-state index in [1.165, 1.54) is 27.7 Å². The molecule has 0 bridgehead atoms. The lowest BCUT2D eigenvalue weighted by Crippen LogP contribution is -2.50. The van der Waals surface area contributed by atoms with Crippen molar-refractivity contribution in [1.82, 2.24) is 9.21 Å². The largest absolute Gasteiger partial charge is 0.486 e. The Kier molecular flexibility index (Phi) is 6.21. The van der Waals surface area contributed by atoms with Crippen LogP contribution in [0.15, 0.2) is 52.3 Å². The summed E-state index contributed by atoms with van der Waals surface area (Å²) in [5.74, 6) is 1.38. The number of sulfonamides is 1. The first-order valence-corrected chi connectivity index (χ1v) is 12.2. The highest BCUT2D eigenvalue weighted by Crippen LogP contribution is 2.33. The maximum absolute atomic E-state index is 13.0.